The molecule has 1 aliphatic heterocycles. The highest BCUT2D eigenvalue weighted by Gasteiger charge is 2.11. The van der Waals surface area contributed by atoms with Gasteiger partial charge in [0.2, 0.25) is 0 Å². The molecule has 0 aromatic carbocycles. The van der Waals surface area contributed by atoms with Crippen molar-refractivity contribution >= 4 is 11.8 Å². The molecule has 0 bridgehead atoms. The van der Waals surface area contributed by atoms with Crippen LogP contribution in [0.25, 0.3) is 0 Å². The van der Waals surface area contributed by atoms with Gasteiger partial charge < -0.3 is 4.74 Å². The average molecular weight is 146 g/mol. The van der Waals surface area contributed by atoms with E-state index in [-0.39, 0.29) is 0 Å². The SMILES string of the molecule is CSCC1CCOCC1. The highest BCUT2D eigenvalue weighted by molar-refractivity contribution is 7.98. The summed E-state index contributed by atoms with van der Waals surface area (Å²) in [5.41, 5.74) is 0. The summed E-state index contributed by atoms with van der Waals surface area (Å²) < 4.78 is 5.24. The van der Waals surface area contributed by atoms with Crippen molar-refractivity contribution in [1.29, 1.82) is 0 Å². The highest BCUT2D eigenvalue weighted by atomic mass is 32.2. The van der Waals surface area contributed by atoms with Gasteiger partial charge in [0.1, 0.15) is 0 Å². The maximum absolute atomic E-state index is 5.24. The van der Waals surface area contributed by atoms with E-state index in [1.54, 1.807) is 0 Å². The van der Waals surface area contributed by atoms with Gasteiger partial charge in [0.25, 0.3) is 0 Å². The van der Waals surface area contributed by atoms with Crippen LogP contribution in [0, 0.1) is 5.92 Å². The van der Waals surface area contributed by atoms with E-state index in [1.165, 1.54) is 18.6 Å². The molecule has 1 heterocycles. The molecule has 1 aliphatic rings. The van der Waals surface area contributed by atoms with Crippen LogP contribution in [-0.4, -0.2) is 25.2 Å². The van der Waals surface area contributed by atoms with E-state index in [0.717, 1.165) is 19.1 Å². The third kappa shape index (κ3) is 2.59. The molecule has 0 radical (unpaired) electrons. The van der Waals surface area contributed by atoms with E-state index in [9.17, 15) is 0 Å². The van der Waals surface area contributed by atoms with Crippen molar-refractivity contribution in [2.75, 3.05) is 25.2 Å². The second kappa shape index (κ2) is 4.18. The van der Waals surface area contributed by atoms with Crippen molar-refractivity contribution in [1.82, 2.24) is 0 Å². The summed E-state index contributed by atoms with van der Waals surface area (Å²) in [4.78, 5) is 0. The molecule has 0 spiro atoms. The van der Waals surface area contributed by atoms with Crippen molar-refractivity contribution in [2.24, 2.45) is 5.92 Å². The van der Waals surface area contributed by atoms with Crippen molar-refractivity contribution < 1.29 is 4.74 Å². The summed E-state index contributed by atoms with van der Waals surface area (Å²) in [6.45, 7) is 1.98. The molecule has 1 fully saturated rings. The summed E-state index contributed by atoms with van der Waals surface area (Å²) in [5, 5.41) is 0. The quantitative estimate of drug-likeness (QED) is 0.587. The van der Waals surface area contributed by atoms with Gasteiger partial charge in [0, 0.05) is 13.2 Å². The van der Waals surface area contributed by atoms with Gasteiger partial charge in [0.15, 0.2) is 0 Å². The molecule has 0 aliphatic carbocycles. The third-order valence-electron chi connectivity index (χ3n) is 1.74. The molecule has 0 saturated carbocycles. The molecule has 2 heteroatoms. The molecule has 0 amide bonds. The Labute approximate surface area is 61.2 Å². The normalized spacial score (nSPS) is 22.3. The van der Waals surface area contributed by atoms with Crippen molar-refractivity contribution in [3.05, 3.63) is 0 Å². The lowest BCUT2D eigenvalue weighted by Gasteiger charge is -2.20. The molecular formula is C7H14OS. The van der Waals surface area contributed by atoms with Crippen LogP contribution in [0.3, 0.4) is 0 Å². The second-order valence-corrected chi connectivity index (χ2v) is 3.42. The fourth-order valence-electron chi connectivity index (χ4n) is 1.15. The van der Waals surface area contributed by atoms with Crippen LogP contribution < -0.4 is 0 Å². The van der Waals surface area contributed by atoms with E-state index in [4.69, 9.17) is 4.74 Å². The number of hydrogen-bond acceptors (Lipinski definition) is 2. The molecular weight excluding hydrogens is 132 g/mol. The lowest BCUT2D eigenvalue weighted by atomic mass is 10.0. The van der Waals surface area contributed by atoms with Crippen LogP contribution in [0.2, 0.25) is 0 Å². The standard InChI is InChI=1S/C7H14OS/c1-9-6-7-2-4-8-5-3-7/h7H,2-6H2,1H3. The van der Waals surface area contributed by atoms with Gasteiger partial charge in [-0.1, -0.05) is 0 Å². The number of ether oxygens (including phenoxy) is 1. The maximum atomic E-state index is 5.24. The molecule has 1 nitrogen and oxygen atoms in total. The summed E-state index contributed by atoms with van der Waals surface area (Å²) in [6, 6.07) is 0. The summed E-state index contributed by atoms with van der Waals surface area (Å²) in [7, 11) is 0. The highest BCUT2D eigenvalue weighted by Crippen LogP contribution is 2.17. The van der Waals surface area contributed by atoms with E-state index < -0.39 is 0 Å². The van der Waals surface area contributed by atoms with Crippen LogP contribution in [0.15, 0.2) is 0 Å². The summed E-state index contributed by atoms with van der Waals surface area (Å²) >= 11 is 1.95. The van der Waals surface area contributed by atoms with Crippen molar-refractivity contribution in [2.45, 2.75) is 12.8 Å². The first-order valence-corrected chi connectivity index (χ1v) is 4.89. The number of rotatable bonds is 2. The van der Waals surface area contributed by atoms with Crippen LogP contribution in [0.1, 0.15) is 12.8 Å². The Morgan fingerprint density at radius 3 is 2.67 bits per heavy atom. The molecule has 1 saturated heterocycles. The van der Waals surface area contributed by atoms with Crippen molar-refractivity contribution in [3.8, 4) is 0 Å². The zero-order valence-electron chi connectivity index (χ0n) is 5.93. The van der Waals surface area contributed by atoms with Gasteiger partial charge in [-0.15, -0.1) is 0 Å². The van der Waals surface area contributed by atoms with Gasteiger partial charge in [-0.3, -0.25) is 0 Å². The third-order valence-corrected chi connectivity index (χ3v) is 2.55. The first kappa shape index (κ1) is 7.42. The smallest absolute Gasteiger partial charge is 0.0468 e. The lowest BCUT2D eigenvalue weighted by molar-refractivity contribution is 0.0728. The molecule has 0 aromatic rings. The Morgan fingerprint density at radius 1 is 1.44 bits per heavy atom. The van der Waals surface area contributed by atoms with Gasteiger partial charge in [-0.25, -0.2) is 0 Å². The van der Waals surface area contributed by atoms with E-state index in [2.05, 4.69) is 6.26 Å². The molecule has 0 aromatic heterocycles. The second-order valence-electron chi connectivity index (χ2n) is 2.51. The van der Waals surface area contributed by atoms with E-state index in [0.29, 0.717) is 0 Å². The first-order valence-electron chi connectivity index (χ1n) is 3.50. The predicted molar refractivity (Wildman–Crippen MR) is 41.9 cm³/mol. The van der Waals surface area contributed by atoms with Crippen LogP contribution in [-0.2, 0) is 4.74 Å². The fraction of sp³-hybridized carbons (Fsp3) is 1.00. The Morgan fingerprint density at radius 2 is 2.11 bits per heavy atom. The minimum absolute atomic E-state index is 0.939. The van der Waals surface area contributed by atoms with Crippen LogP contribution in [0.4, 0.5) is 0 Å². The molecule has 0 atom stereocenters. The summed E-state index contributed by atoms with van der Waals surface area (Å²) in [5.74, 6) is 2.26. The topological polar surface area (TPSA) is 9.23 Å². The first-order chi connectivity index (χ1) is 4.43. The number of hydrogen-bond donors (Lipinski definition) is 0. The predicted octanol–water partition coefficient (Wildman–Crippen LogP) is 1.78. The summed E-state index contributed by atoms with van der Waals surface area (Å²) in [6.07, 6.45) is 4.73. The Kier molecular flexibility index (Phi) is 3.44. The van der Waals surface area contributed by atoms with Crippen LogP contribution >= 0.6 is 11.8 Å². The van der Waals surface area contributed by atoms with Crippen molar-refractivity contribution in [3.63, 3.8) is 0 Å². The Balaban J connectivity index is 2.08. The molecule has 9 heavy (non-hydrogen) atoms. The maximum Gasteiger partial charge on any atom is 0.0468 e. The minimum Gasteiger partial charge on any atom is -0.381 e. The molecule has 0 unspecified atom stereocenters. The molecule has 0 N–H and O–H groups in total. The van der Waals surface area contributed by atoms with E-state index >= 15 is 0 Å². The Hall–Kier alpha value is 0.310. The zero-order valence-corrected chi connectivity index (χ0v) is 6.75. The molecule has 54 valence electrons. The van der Waals surface area contributed by atoms with Gasteiger partial charge in [0.05, 0.1) is 0 Å². The van der Waals surface area contributed by atoms with Gasteiger partial charge >= 0.3 is 0 Å². The number of thioether (sulfide) groups is 1. The fourth-order valence-corrected chi connectivity index (χ4v) is 1.95. The Bertz CT molecular complexity index is 66.6. The molecule has 1 rings (SSSR count). The van der Waals surface area contributed by atoms with Crippen LogP contribution in [0.5, 0.6) is 0 Å². The van der Waals surface area contributed by atoms with Gasteiger partial charge in [-0.2, -0.15) is 11.8 Å². The zero-order chi connectivity index (χ0) is 6.53. The van der Waals surface area contributed by atoms with Gasteiger partial charge in [-0.05, 0) is 30.8 Å². The average Bonchev–Trinajstić information content (AvgIpc) is 1.91. The minimum atomic E-state index is 0.939. The monoisotopic (exact) mass is 146 g/mol. The lowest BCUT2D eigenvalue weighted by Crippen LogP contribution is -2.17. The largest absolute Gasteiger partial charge is 0.381 e. The van der Waals surface area contributed by atoms with E-state index in [1.807, 2.05) is 11.8 Å².